The summed E-state index contributed by atoms with van der Waals surface area (Å²) in [6.07, 6.45) is -2.94. The van der Waals surface area contributed by atoms with Crippen molar-refractivity contribution in [2.75, 3.05) is 0 Å². The highest BCUT2D eigenvalue weighted by molar-refractivity contribution is 5.95. The molecule has 0 amide bonds. The number of rotatable bonds is 4. The fourth-order valence-corrected chi connectivity index (χ4v) is 4.15. The summed E-state index contributed by atoms with van der Waals surface area (Å²) in [5.74, 6) is -2.37. The van der Waals surface area contributed by atoms with Crippen molar-refractivity contribution in [3.8, 4) is 0 Å². The molecule has 6 unspecified atom stereocenters. The molecule has 2 rings (SSSR count). The molecule has 6 atom stereocenters. The van der Waals surface area contributed by atoms with Gasteiger partial charge in [-0.1, -0.05) is 20.4 Å². The maximum Gasteiger partial charge on any atom is 0.303 e. The number of carbonyl (C=O) groups is 4. The lowest BCUT2D eigenvalue weighted by Gasteiger charge is -2.36. The summed E-state index contributed by atoms with van der Waals surface area (Å²) in [5, 5.41) is 0. The average molecular weight is 410 g/mol. The molecule has 1 heterocycles. The van der Waals surface area contributed by atoms with Crippen molar-refractivity contribution in [3.05, 3.63) is 12.2 Å². The van der Waals surface area contributed by atoms with E-state index >= 15 is 0 Å². The number of hydrogen-bond donors (Lipinski definition) is 0. The molecule has 1 saturated heterocycles. The van der Waals surface area contributed by atoms with E-state index in [1.165, 1.54) is 20.8 Å². The number of epoxide rings is 1. The first-order valence-corrected chi connectivity index (χ1v) is 9.77. The standard InChI is InChI=1S/C21H30O8/c1-10(2)18-16(26-12(4)22)8-11(3)15(25)9-17(27-13(5)23)21(7)20(29-21)19(18)28-14(6)24/h10,16-20H,3,8-9H2,1-2,4-7H3. The predicted molar refractivity (Wildman–Crippen MR) is 102 cm³/mol. The zero-order valence-electron chi connectivity index (χ0n) is 17.9. The summed E-state index contributed by atoms with van der Waals surface area (Å²) in [6, 6.07) is 0. The minimum atomic E-state index is -1.01. The summed E-state index contributed by atoms with van der Waals surface area (Å²) in [6.45, 7) is 13.2. The molecule has 1 aliphatic carbocycles. The SMILES string of the molecule is C=C1CC(OC(C)=O)C(C(C)C)C(OC(C)=O)C2OC2(C)C(OC(C)=O)CC1=O. The summed E-state index contributed by atoms with van der Waals surface area (Å²) in [7, 11) is 0. The van der Waals surface area contributed by atoms with Gasteiger partial charge >= 0.3 is 17.9 Å². The summed E-state index contributed by atoms with van der Waals surface area (Å²) in [5.41, 5.74) is -0.754. The normalized spacial score (nSPS) is 34.8. The summed E-state index contributed by atoms with van der Waals surface area (Å²) in [4.78, 5) is 47.9. The van der Waals surface area contributed by atoms with Crippen molar-refractivity contribution < 1.29 is 38.1 Å². The largest absolute Gasteiger partial charge is 0.462 e. The van der Waals surface area contributed by atoms with Crippen LogP contribution >= 0.6 is 0 Å². The fraction of sp³-hybridized carbons (Fsp3) is 0.714. The smallest absolute Gasteiger partial charge is 0.303 e. The van der Waals surface area contributed by atoms with Crippen molar-refractivity contribution in [3.63, 3.8) is 0 Å². The first-order valence-electron chi connectivity index (χ1n) is 9.77. The molecule has 8 nitrogen and oxygen atoms in total. The van der Waals surface area contributed by atoms with E-state index in [1.54, 1.807) is 6.92 Å². The van der Waals surface area contributed by atoms with Crippen LogP contribution < -0.4 is 0 Å². The minimum Gasteiger partial charge on any atom is -0.462 e. The molecule has 162 valence electrons. The van der Waals surface area contributed by atoms with E-state index < -0.39 is 53.8 Å². The number of Topliss-reactive ketones (excluding diaryl/α,β-unsaturated/α-hetero) is 1. The Morgan fingerprint density at radius 1 is 1.03 bits per heavy atom. The Kier molecular flexibility index (Phi) is 6.88. The Morgan fingerprint density at radius 2 is 1.59 bits per heavy atom. The van der Waals surface area contributed by atoms with Crippen LogP contribution in [0.4, 0.5) is 0 Å². The van der Waals surface area contributed by atoms with Gasteiger partial charge in [-0.25, -0.2) is 0 Å². The van der Waals surface area contributed by atoms with Gasteiger partial charge in [-0.3, -0.25) is 19.2 Å². The molecular formula is C21H30O8. The number of carbonyl (C=O) groups excluding carboxylic acids is 4. The molecule has 0 bridgehead atoms. The Morgan fingerprint density at radius 3 is 2.07 bits per heavy atom. The maximum atomic E-state index is 12.7. The van der Waals surface area contributed by atoms with Gasteiger partial charge in [0.25, 0.3) is 0 Å². The van der Waals surface area contributed by atoms with Crippen LogP contribution in [0.15, 0.2) is 12.2 Å². The second-order valence-corrected chi connectivity index (χ2v) is 8.30. The van der Waals surface area contributed by atoms with Gasteiger partial charge in [0.2, 0.25) is 0 Å². The lowest BCUT2D eigenvalue weighted by atomic mass is 9.76. The first-order chi connectivity index (χ1) is 13.4. The average Bonchev–Trinajstić information content (AvgIpc) is 3.24. The lowest BCUT2D eigenvalue weighted by Crippen LogP contribution is -2.48. The molecule has 0 spiro atoms. The number of hydrogen-bond acceptors (Lipinski definition) is 8. The van der Waals surface area contributed by atoms with Crippen LogP contribution in [-0.4, -0.2) is 53.7 Å². The molecule has 1 saturated carbocycles. The topological polar surface area (TPSA) is 108 Å². The van der Waals surface area contributed by atoms with Gasteiger partial charge in [0.05, 0.1) is 6.42 Å². The van der Waals surface area contributed by atoms with E-state index in [1.807, 2.05) is 13.8 Å². The van der Waals surface area contributed by atoms with Crippen LogP contribution in [-0.2, 0) is 38.1 Å². The van der Waals surface area contributed by atoms with E-state index in [0.717, 1.165) is 0 Å². The van der Waals surface area contributed by atoms with Gasteiger partial charge in [-0.15, -0.1) is 0 Å². The molecule has 0 N–H and O–H groups in total. The fourth-order valence-electron chi connectivity index (χ4n) is 4.15. The second kappa shape index (κ2) is 8.65. The lowest BCUT2D eigenvalue weighted by molar-refractivity contribution is -0.164. The van der Waals surface area contributed by atoms with Crippen molar-refractivity contribution in [1.29, 1.82) is 0 Å². The van der Waals surface area contributed by atoms with Gasteiger partial charge in [0.1, 0.15) is 30.0 Å². The van der Waals surface area contributed by atoms with Crippen molar-refractivity contribution >= 4 is 23.7 Å². The zero-order valence-corrected chi connectivity index (χ0v) is 17.9. The number of fused-ring (bicyclic) bond motifs is 1. The molecule has 2 fully saturated rings. The Hall–Kier alpha value is -2.22. The third-order valence-corrected chi connectivity index (χ3v) is 5.55. The highest BCUT2D eigenvalue weighted by atomic mass is 16.7. The Labute approximate surface area is 170 Å². The van der Waals surface area contributed by atoms with E-state index in [9.17, 15) is 19.2 Å². The first kappa shape index (κ1) is 23.1. The molecule has 0 radical (unpaired) electrons. The molecule has 29 heavy (non-hydrogen) atoms. The minimum absolute atomic E-state index is 0.0772. The molecular weight excluding hydrogens is 380 g/mol. The molecule has 8 heteroatoms. The van der Waals surface area contributed by atoms with Crippen LogP contribution in [0.2, 0.25) is 0 Å². The molecule has 1 aliphatic heterocycles. The van der Waals surface area contributed by atoms with Gasteiger partial charge in [-0.05, 0) is 18.4 Å². The third-order valence-electron chi connectivity index (χ3n) is 5.55. The number of ketones is 1. The predicted octanol–water partition coefficient (Wildman–Crippen LogP) is 2.13. The van der Waals surface area contributed by atoms with Crippen LogP contribution in [0, 0.1) is 11.8 Å². The van der Waals surface area contributed by atoms with Gasteiger partial charge in [-0.2, -0.15) is 0 Å². The molecule has 0 aromatic carbocycles. The maximum absolute atomic E-state index is 12.7. The second-order valence-electron chi connectivity index (χ2n) is 8.30. The molecule has 0 aromatic rings. The number of ether oxygens (including phenoxy) is 4. The van der Waals surface area contributed by atoms with Crippen LogP contribution in [0.3, 0.4) is 0 Å². The van der Waals surface area contributed by atoms with Crippen LogP contribution in [0.1, 0.15) is 54.4 Å². The number of esters is 3. The van der Waals surface area contributed by atoms with E-state index in [0.29, 0.717) is 0 Å². The monoisotopic (exact) mass is 410 g/mol. The van der Waals surface area contributed by atoms with Gasteiger partial charge in [0.15, 0.2) is 5.78 Å². The summed E-state index contributed by atoms with van der Waals surface area (Å²) >= 11 is 0. The van der Waals surface area contributed by atoms with Crippen molar-refractivity contribution in [2.45, 2.75) is 84.4 Å². The molecule has 0 aromatic heterocycles. The highest BCUT2D eigenvalue weighted by Gasteiger charge is 2.66. The Balaban J connectivity index is 2.52. The van der Waals surface area contributed by atoms with Crippen molar-refractivity contribution in [1.82, 2.24) is 0 Å². The third kappa shape index (κ3) is 5.23. The van der Waals surface area contributed by atoms with E-state index in [-0.39, 0.29) is 30.1 Å². The van der Waals surface area contributed by atoms with Gasteiger partial charge in [0, 0.05) is 33.1 Å². The Bertz CT molecular complexity index is 711. The quantitative estimate of drug-likeness (QED) is 0.300. The summed E-state index contributed by atoms with van der Waals surface area (Å²) < 4.78 is 22.5. The van der Waals surface area contributed by atoms with E-state index in [4.69, 9.17) is 18.9 Å². The van der Waals surface area contributed by atoms with Gasteiger partial charge < -0.3 is 18.9 Å². The highest BCUT2D eigenvalue weighted by Crippen LogP contribution is 2.49. The molecule has 2 aliphatic rings. The van der Waals surface area contributed by atoms with Crippen LogP contribution in [0.25, 0.3) is 0 Å². The van der Waals surface area contributed by atoms with Crippen LogP contribution in [0.5, 0.6) is 0 Å². The zero-order chi connectivity index (χ0) is 22.1. The van der Waals surface area contributed by atoms with E-state index in [2.05, 4.69) is 6.58 Å². The van der Waals surface area contributed by atoms with Crippen molar-refractivity contribution in [2.24, 2.45) is 11.8 Å².